The average Bonchev–Trinajstić information content (AvgIpc) is 2.52. The average molecular weight is 374 g/mol. The van der Waals surface area contributed by atoms with Crippen LogP contribution in [0.3, 0.4) is 0 Å². The van der Waals surface area contributed by atoms with Gasteiger partial charge >= 0.3 is 0 Å². The molecule has 2 aliphatic rings. The molecule has 1 saturated carbocycles. The van der Waals surface area contributed by atoms with Crippen molar-refractivity contribution >= 4 is 31.9 Å². The smallest absolute Gasteiger partial charge is 0.124 e. The van der Waals surface area contributed by atoms with E-state index in [-0.39, 0.29) is 11.0 Å². The van der Waals surface area contributed by atoms with E-state index in [4.69, 9.17) is 4.74 Å². The predicted molar refractivity (Wildman–Crippen MR) is 81.8 cm³/mol. The second kappa shape index (κ2) is 3.99. The summed E-state index contributed by atoms with van der Waals surface area (Å²) in [7, 11) is 0. The highest BCUT2D eigenvalue weighted by Crippen LogP contribution is 2.59. The van der Waals surface area contributed by atoms with E-state index in [0.717, 1.165) is 17.5 Å². The Kier molecular flexibility index (Phi) is 2.88. The van der Waals surface area contributed by atoms with Crippen molar-refractivity contribution in [1.29, 1.82) is 0 Å². The summed E-state index contributed by atoms with van der Waals surface area (Å²) in [6.45, 7) is 6.85. The van der Waals surface area contributed by atoms with Crippen molar-refractivity contribution in [2.24, 2.45) is 5.92 Å². The molecule has 3 rings (SSSR count). The molecule has 0 unspecified atom stereocenters. The van der Waals surface area contributed by atoms with Gasteiger partial charge in [0.2, 0.25) is 0 Å². The Balaban J connectivity index is 2.22. The molecule has 2 bridgehead atoms. The minimum atomic E-state index is -0.0119. The number of halogens is 2. The van der Waals surface area contributed by atoms with Gasteiger partial charge in [-0.15, -0.1) is 0 Å². The van der Waals surface area contributed by atoms with Gasteiger partial charge in [0.05, 0.1) is 0 Å². The zero-order valence-electron chi connectivity index (χ0n) is 11.0. The maximum Gasteiger partial charge on any atom is 0.124 e. The fourth-order valence-corrected chi connectivity index (χ4v) is 4.83. The maximum atomic E-state index is 6.41. The van der Waals surface area contributed by atoms with Crippen molar-refractivity contribution in [2.45, 2.75) is 44.6 Å². The van der Waals surface area contributed by atoms with Crippen molar-refractivity contribution in [2.75, 3.05) is 5.33 Å². The summed E-state index contributed by atoms with van der Waals surface area (Å²) in [6, 6.07) is 4.46. The zero-order valence-corrected chi connectivity index (χ0v) is 14.2. The maximum absolute atomic E-state index is 6.41. The van der Waals surface area contributed by atoms with Crippen LogP contribution in [0.15, 0.2) is 16.6 Å². The third kappa shape index (κ3) is 1.49. The molecule has 1 aromatic rings. The van der Waals surface area contributed by atoms with Crippen LogP contribution in [0.5, 0.6) is 5.75 Å². The minimum Gasteiger partial charge on any atom is -0.486 e. The Hall–Kier alpha value is -0.0200. The van der Waals surface area contributed by atoms with Crippen molar-refractivity contribution in [3.63, 3.8) is 0 Å². The Morgan fingerprint density at radius 3 is 2.78 bits per heavy atom. The van der Waals surface area contributed by atoms with Crippen molar-refractivity contribution in [1.82, 2.24) is 0 Å². The Bertz CT molecular complexity index is 513. The van der Waals surface area contributed by atoms with Crippen LogP contribution in [0, 0.1) is 12.8 Å². The number of fused-ring (bicyclic) bond motifs is 4. The molecule has 1 fully saturated rings. The summed E-state index contributed by atoms with van der Waals surface area (Å²) < 4.78 is 7.60. The molecule has 1 heterocycles. The van der Waals surface area contributed by atoms with Gasteiger partial charge in [-0.25, -0.2) is 0 Å². The molecular weight excluding hydrogens is 356 g/mol. The fraction of sp³-hybridized carbons (Fsp3) is 0.600. The third-order valence-corrected chi connectivity index (χ3v) is 7.03. The summed E-state index contributed by atoms with van der Waals surface area (Å²) >= 11 is 7.32. The monoisotopic (exact) mass is 372 g/mol. The quantitative estimate of drug-likeness (QED) is 0.631. The van der Waals surface area contributed by atoms with Crippen LogP contribution in [-0.2, 0) is 5.41 Å². The van der Waals surface area contributed by atoms with E-state index >= 15 is 0 Å². The predicted octanol–water partition coefficient (Wildman–Crippen LogP) is 4.97. The highest BCUT2D eigenvalue weighted by atomic mass is 79.9. The first kappa shape index (κ1) is 13.0. The van der Waals surface area contributed by atoms with Crippen LogP contribution in [0.4, 0.5) is 0 Å². The SMILES string of the molecule is Cc1cc2c(cc1Br)[C@]1(C)CC[C@](CBr)(O2)[C@H]1C. The lowest BCUT2D eigenvalue weighted by atomic mass is 9.70. The summed E-state index contributed by atoms with van der Waals surface area (Å²) in [6.07, 6.45) is 2.35. The van der Waals surface area contributed by atoms with Crippen LogP contribution < -0.4 is 4.74 Å². The molecule has 3 atom stereocenters. The number of aryl methyl sites for hydroxylation is 1. The van der Waals surface area contributed by atoms with E-state index in [0.29, 0.717) is 5.92 Å². The first-order valence-electron chi connectivity index (χ1n) is 6.48. The topological polar surface area (TPSA) is 9.23 Å². The fourth-order valence-electron chi connectivity index (χ4n) is 3.61. The summed E-state index contributed by atoms with van der Waals surface area (Å²) in [5, 5.41) is 0.922. The lowest BCUT2D eigenvalue weighted by molar-refractivity contribution is 0.0271. The number of hydrogen-bond donors (Lipinski definition) is 0. The Morgan fingerprint density at radius 2 is 2.11 bits per heavy atom. The summed E-state index contributed by atoms with van der Waals surface area (Å²) in [4.78, 5) is 0. The number of benzene rings is 1. The molecule has 1 aromatic carbocycles. The van der Waals surface area contributed by atoms with Gasteiger partial charge in [0, 0.05) is 26.7 Å². The number of alkyl halides is 1. The molecule has 0 amide bonds. The van der Waals surface area contributed by atoms with Gasteiger partial charge in [-0.1, -0.05) is 45.7 Å². The Morgan fingerprint density at radius 1 is 1.39 bits per heavy atom. The number of ether oxygens (including phenoxy) is 1. The van der Waals surface area contributed by atoms with E-state index in [1.54, 1.807) is 0 Å². The number of rotatable bonds is 1. The lowest BCUT2D eigenvalue weighted by Crippen LogP contribution is -2.49. The molecule has 0 saturated heterocycles. The molecule has 1 aliphatic heterocycles. The largest absolute Gasteiger partial charge is 0.486 e. The van der Waals surface area contributed by atoms with Crippen LogP contribution >= 0.6 is 31.9 Å². The molecular formula is C15H18Br2O. The molecule has 18 heavy (non-hydrogen) atoms. The highest BCUT2D eigenvalue weighted by Gasteiger charge is 2.58. The first-order valence-corrected chi connectivity index (χ1v) is 8.40. The van der Waals surface area contributed by atoms with Gasteiger partial charge in [-0.05, 0) is 37.5 Å². The van der Waals surface area contributed by atoms with E-state index < -0.39 is 0 Å². The normalized spacial score (nSPS) is 37.3. The standard InChI is InChI=1S/C15H18Br2O/c1-9-6-13-11(7-12(9)17)14(3)4-5-15(8-16,18-13)10(14)2/h6-7,10H,4-5,8H2,1-3H3/t10-,14+,15+/m0/s1. The summed E-state index contributed by atoms with van der Waals surface area (Å²) in [5.41, 5.74) is 2.86. The van der Waals surface area contributed by atoms with Gasteiger partial charge in [-0.2, -0.15) is 0 Å². The van der Waals surface area contributed by atoms with E-state index in [2.05, 4.69) is 64.8 Å². The van der Waals surface area contributed by atoms with Crippen molar-refractivity contribution in [3.05, 3.63) is 27.7 Å². The summed E-state index contributed by atoms with van der Waals surface area (Å²) in [5.74, 6) is 1.64. The molecule has 0 N–H and O–H groups in total. The minimum absolute atomic E-state index is 0.0119. The highest BCUT2D eigenvalue weighted by molar-refractivity contribution is 9.10. The molecule has 1 aliphatic carbocycles. The molecule has 0 radical (unpaired) electrons. The van der Waals surface area contributed by atoms with Gasteiger partial charge in [0.25, 0.3) is 0 Å². The molecule has 3 heteroatoms. The van der Waals surface area contributed by atoms with Crippen LogP contribution in [0.1, 0.15) is 37.8 Å². The third-order valence-electron chi connectivity index (χ3n) is 5.23. The molecule has 0 aromatic heterocycles. The second-order valence-electron chi connectivity index (χ2n) is 6.04. The van der Waals surface area contributed by atoms with Crippen LogP contribution in [0.2, 0.25) is 0 Å². The van der Waals surface area contributed by atoms with Crippen molar-refractivity contribution < 1.29 is 4.74 Å². The second-order valence-corrected chi connectivity index (χ2v) is 7.45. The molecule has 0 spiro atoms. The molecule has 1 nitrogen and oxygen atoms in total. The lowest BCUT2D eigenvalue weighted by Gasteiger charge is -2.45. The van der Waals surface area contributed by atoms with Gasteiger partial charge in [0.1, 0.15) is 11.4 Å². The van der Waals surface area contributed by atoms with E-state index in [1.807, 2.05) is 0 Å². The van der Waals surface area contributed by atoms with Crippen molar-refractivity contribution in [3.8, 4) is 5.75 Å². The van der Waals surface area contributed by atoms with Gasteiger partial charge in [-0.3, -0.25) is 0 Å². The van der Waals surface area contributed by atoms with Gasteiger partial charge in [0.15, 0.2) is 0 Å². The molecule has 98 valence electrons. The van der Waals surface area contributed by atoms with Crippen LogP contribution in [0.25, 0.3) is 0 Å². The van der Waals surface area contributed by atoms with E-state index in [9.17, 15) is 0 Å². The van der Waals surface area contributed by atoms with Crippen LogP contribution in [-0.4, -0.2) is 10.9 Å². The number of hydrogen-bond acceptors (Lipinski definition) is 1. The first-order chi connectivity index (χ1) is 8.43. The zero-order chi connectivity index (χ0) is 13.1. The Labute approximate surface area is 126 Å². The van der Waals surface area contributed by atoms with Gasteiger partial charge < -0.3 is 4.74 Å². The van der Waals surface area contributed by atoms with E-state index in [1.165, 1.54) is 22.0 Å².